The van der Waals surface area contributed by atoms with Crippen LogP contribution in [0.15, 0.2) is 24.4 Å². The van der Waals surface area contributed by atoms with Crippen molar-refractivity contribution in [3.63, 3.8) is 0 Å². The van der Waals surface area contributed by atoms with Crippen molar-refractivity contribution in [2.75, 3.05) is 6.54 Å². The van der Waals surface area contributed by atoms with E-state index in [0.717, 1.165) is 12.8 Å². The number of non-ortho nitro benzene ring substituents is 1. The summed E-state index contributed by atoms with van der Waals surface area (Å²) in [5.41, 5.74) is -0.378. The molecule has 1 aromatic heterocycles. The van der Waals surface area contributed by atoms with Crippen LogP contribution < -0.4 is 10.6 Å². The highest BCUT2D eigenvalue weighted by Crippen LogP contribution is 2.39. The number of aromatic amines is 1. The van der Waals surface area contributed by atoms with Crippen molar-refractivity contribution in [3.8, 4) is 0 Å². The van der Waals surface area contributed by atoms with Crippen molar-refractivity contribution in [1.29, 1.82) is 0 Å². The first-order valence-electron chi connectivity index (χ1n) is 9.53. The lowest BCUT2D eigenvalue weighted by Gasteiger charge is -2.32. The van der Waals surface area contributed by atoms with E-state index in [1.165, 1.54) is 12.1 Å². The average Bonchev–Trinajstić information content (AvgIpc) is 3.38. The first-order valence-corrected chi connectivity index (χ1v) is 9.53. The zero-order chi connectivity index (χ0) is 21.4. The van der Waals surface area contributed by atoms with Crippen LogP contribution in [0.25, 0.3) is 10.9 Å². The number of nitro benzene ring substituents is 1. The van der Waals surface area contributed by atoms with E-state index in [-0.39, 0.29) is 24.1 Å². The summed E-state index contributed by atoms with van der Waals surface area (Å²) in [6.45, 7) is 7.46. The molecule has 0 spiro atoms. The Bertz CT molecular complexity index is 957. The quantitative estimate of drug-likeness (QED) is 0.503. The molecule has 1 aliphatic rings. The minimum atomic E-state index is -0.654. The van der Waals surface area contributed by atoms with Crippen LogP contribution in [0.2, 0.25) is 0 Å². The second-order valence-electron chi connectivity index (χ2n) is 8.69. The number of fused-ring (bicyclic) bond motifs is 1. The number of rotatable bonds is 6. The Balaban J connectivity index is 1.76. The molecular formula is C20H26N4O5. The number of ether oxygens (including phenoxy) is 1. The number of benzene rings is 1. The molecule has 156 valence electrons. The van der Waals surface area contributed by atoms with E-state index in [1.54, 1.807) is 33.0 Å². The molecule has 9 heteroatoms. The molecule has 0 saturated heterocycles. The second-order valence-corrected chi connectivity index (χ2v) is 8.69. The molecule has 29 heavy (non-hydrogen) atoms. The molecule has 1 fully saturated rings. The highest BCUT2D eigenvalue weighted by atomic mass is 16.6. The van der Waals surface area contributed by atoms with Gasteiger partial charge in [0.15, 0.2) is 0 Å². The standard InChI is InChI=1S/C20H26N4O5/c1-19(2,3)29-18(26)22-11-20(4,12-5-6-12)23-17(25)15-10-21-16-8-7-13(24(27)28)9-14(15)16/h7-10,12,21H,5-6,11H2,1-4H3,(H,22,26)(H,23,25). The Hall–Kier alpha value is -3.10. The molecule has 3 N–H and O–H groups in total. The monoisotopic (exact) mass is 402 g/mol. The predicted octanol–water partition coefficient (Wildman–Crippen LogP) is 3.50. The Morgan fingerprint density at radius 1 is 1.28 bits per heavy atom. The van der Waals surface area contributed by atoms with Gasteiger partial charge >= 0.3 is 6.09 Å². The van der Waals surface area contributed by atoms with Gasteiger partial charge in [0, 0.05) is 35.8 Å². The summed E-state index contributed by atoms with van der Waals surface area (Å²) in [5.74, 6) is -0.113. The Labute approximate surface area is 168 Å². The zero-order valence-electron chi connectivity index (χ0n) is 17.0. The molecular weight excluding hydrogens is 376 g/mol. The number of hydrogen-bond acceptors (Lipinski definition) is 5. The molecule has 0 radical (unpaired) electrons. The normalized spacial score (nSPS) is 16.1. The Morgan fingerprint density at radius 2 is 1.97 bits per heavy atom. The number of nitrogens with one attached hydrogen (secondary N) is 3. The SMILES string of the molecule is CC(C)(C)OC(=O)NCC(C)(NC(=O)c1c[nH]c2ccc([N+](=O)[O-])cc12)C1CC1. The highest BCUT2D eigenvalue weighted by molar-refractivity contribution is 6.07. The van der Waals surface area contributed by atoms with Crippen LogP contribution in [0.3, 0.4) is 0 Å². The lowest BCUT2D eigenvalue weighted by molar-refractivity contribution is -0.384. The molecule has 1 atom stereocenters. The third kappa shape index (κ3) is 4.85. The van der Waals surface area contributed by atoms with E-state index in [0.29, 0.717) is 16.5 Å². The van der Waals surface area contributed by atoms with Gasteiger partial charge in [-0.1, -0.05) is 0 Å². The van der Waals surface area contributed by atoms with Crippen molar-refractivity contribution in [2.24, 2.45) is 5.92 Å². The molecule has 1 aromatic carbocycles. The second kappa shape index (κ2) is 7.38. The first-order chi connectivity index (χ1) is 13.5. The number of hydrogen-bond donors (Lipinski definition) is 3. The molecule has 2 aromatic rings. The molecule has 9 nitrogen and oxygen atoms in total. The fraction of sp³-hybridized carbons (Fsp3) is 0.500. The van der Waals surface area contributed by atoms with E-state index in [1.807, 2.05) is 6.92 Å². The maximum atomic E-state index is 13.0. The van der Waals surface area contributed by atoms with E-state index < -0.39 is 22.2 Å². The van der Waals surface area contributed by atoms with Gasteiger partial charge in [-0.25, -0.2) is 4.79 Å². The van der Waals surface area contributed by atoms with Gasteiger partial charge in [-0.15, -0.1) is 0 Å². The molecule has 1 heterocycles. The number of alkyl carbamates (subject to hydrolysis) is 1. The highest BCUT2D eigenvalue weighted by Gasteiger charge is 2.43. The topological polar surface area (TPSA) is 126 Å². The van der Waals surface area contributed by atoms with E-state index >= 15 is 0 Å². The predicted molar refractivity (Wildman–Crippen MR) is 108 cm³/mol. The minimum Gasteiger partial charge on any atom is -0.444 e. The molecule has 1 unspecified atom stereocenters. The number of nitro groups is 1. The smallest absolute Gasteiger partial charge is 0.407 e. The van der Waals surface area contributed by atoms with Crippen LogP contribution >= 0.6 is 0 Å². The molecule has 0 bridgehead atoms. The van der Waals surface area contributed by atoms with Gasteiger partial charge in [0.2, 0.25) is 0 Å². The van der Waals surface area contributed by atoms with Crippen LogP contribution in [0.4, 0.5) is 10.5 Å². The van der Waals surface area contributed by atoms with Gasteiger partial charge in [-0.05, 0) is 52.5 Å². The maximum absolute atomic E-state index is 13.0. The number of amides is 2. The van der Waals surface area contributed by atoms with Crippen LogP contribution in [-0.2, 0) is 4.74 Å². The molecule has 1 aliphatic carbocycles. The van der Waals surface area contributed by atoms with E-state index in [2.05, 4.69) is 15.6 Å². The van der Waals surface area contributed by atoms with Crippen LogP contribution in [0.5, 0.6) is 0 Å². The van der Waals surface area contributed by atoms with Crippen molar-refractivity contribution in [3.05, 3.63) is 40.1 Å². The first kappa shape index (κ1) is 20.6. The summed E-state index contributed by atoms with van der Waals surface area (Å²) in [4.78, 5) is 38.5. The summed E-state index contributed by atoms with van der Waals surface area (Å²) < 4.78 is 5.27. The van der Waals surface area contributed by atoms with Gasteiger partial charge < -0.3 is 20.4 Å². The number of H-pyrrole nitrogens is 1. The molecule has 0 aliphatic heterocycles. The minimum absolute atomic E-state index is 0.0808. The Morgan fingerprint density at radius 3 is 2.55 bits per heavy atom. The number of carbonyl (C=O) groups is 2. The van der Waals surface area contributed by atoms with Gasteiger partial charge in [-0.3, -0.25) is 14.9 Å². The fourth-order valence-electron chi connectivity index (χ4n) is 3.32. The summed E-state index contributed by atoms with van der Waals surface area (Å²) in [5, 5.41) is 17.3. The molecule has 3 rings (SSSR count). The Kier molecular flexibility index (Phi) is 5.25. The third-order valence-corrected chi connectivity index (χ3v) is 5.00. The van der Waals surface area contributed by atoms with E-state index in [4.69, 9.17) is 4.74 Å². The number of aromatic nitrogens is 1. The summed E-state index contributed by atoms with van der Waals surface area (Å²) in [7, 11) is 0. The number of carbonyl (C=O) groups excluding carboxylic acids is 2. The lowest BCUT2D eigenvalue weighted by atomic mass is 9.95. The van der Waals surface area contributed by atoms with Gasteiger partial charge in [0.1, 0.15) is 5.60 Å². The lowest BCUT2D eigenvalue weighted by Crippen LogP contribution is -2.55. The van der Waals surface area contributed by atoms with Crippen LogP contribution in [-0.4, -0.2) is 39.6 Å². The van der Waals surface area contributed by atoms with Gasteiger partial charge in [-0.2, -0.15) is 0 Å². The third-order valence-electron chi connectivity index (χ3n) is 5.00. The summed E-state index contributed by atoms with van der Waals surface area (Å²) in [6, 6.07) is 4.35. The van der Waals surface area contributed by atoms with E-state index in [9.17, 15) is 19.7 Å². The number of nitrogens with zero attached hydrogens (tertiary/aromatic N) is 1. The van der Waals surface area contributed by atoms with Crippen molar-refractivity contribution in [1.82, 2.24) is 15.6 Å². The summed E-state index contributed by atoms with van der Waals surface area (Å²) >= 11 is 0. The van der Waals surface area contributed by atoms with Gasteiger partial charge in [0.25, 0.3) is 11.6 Å². The fourth-order valence-corrected chi connectivity index (χ4v) is 3.32. The molecule has 2 amide bonds. The van der Waals surface area contributed by atoms with Crippen LogP contribution in [0, 0.1) is 16.0 Å². The van der Waals surface area contributed by atoms with Crippen LogP contribution in [0.1, 0.15) is 50.9 Å². The average molecular weight is 402 g/mol. The molecule has 1 saturated carbocycles. The largest absolute Gasteiger partial charge is 0.444 e. The van der Waals surface area contributed by atoms with Crippen molar-refractivity contribution >= 4 is 28.6 Å². The van der Waals surface area contributed by atoms with Gasteiger partial charge in [0.05, 0.1) is 16.0 Å². The maximum Gasteiger partial charge on any atom is 0.407 e. The van der Waals surface area contributed by atoms with Crippen molar-refractivity contribution < 1.29 is 19.2 Å². The van der Waals surface area contributed by atoms with Crippen molar-refractivity contribution in [2.45, 2.75) is 51.7 Å². The zero-order valence-corrected chi connectivity index (χ0v) is 17.0. The summed E-state index contributed by atoms with van der Waals surface area (Å²) in [6.07, 6.45) is 2.90.